The molecule has 1 aromatic heterocycles. The lowest BCUT2D eigenvalue weighted by atomic mass is 10.0. The minimum atomic E-state index is -0.122. The summed E-state index contributed by atoms with van der Waals surface area (Å²) in [5.41, 5.74) is 0.850. The van der Waals surface area contributed by atoms with Crippen LogP contribution in [0.2, 0.25) is 0 Å². The van der Waals surface area contributed by atoms with Crippen molar-refractivity contribution in [1.82, 2.24) is 10.1 Å². The molecule has 0 bridgehead atoms. The third-order valence-corrected chi connectivity index (χ3v) is 2.64. The fraction of sp³-hybridized carbons (Fsp3) is 0.286. The van der Waals surface area contributed by atoms with Gasteiger partial charge in [0.1, 0.15) is 0 Å². The van der Waals surface area contributed by atoms with E-state index in [2.05, 4.69) is 10.5 Å². The second-order valence-corrected chi connectivity index (χ2v) is 4.58. The van der Waals surface area contributed by atoms with Crippen LogP contribution in [0.5, 0.6) is 0 Å². The molecule has 0 aliphatic heterocycles. The fourth-order valence-electron chi connectivity index (χ4n) is 1.80. The molecule has 1 amide bonds. The topological polar surface area (TPSA) is 58.4 Å². The number of rotatable bonds is 4. The summed E-state index contributed by atoms with van der Waals surface area (Å²) in [5, 5.41) is 6.51. The van der Waals surface area contributed by atoms with E-state index in [0.717, 1.165) is 5.56 Å². The van der Waals surface area contributed by atoms with Crippen molar-refractivity contribution in [2.75, 3.05) is 26.0 Å². The average molecular weight is 259 g/mol. The Balaban J connectivity index is 2.11. The molecule has 2 rings (SSSR count). The number of carbonyl (C=O) groups excluding carboxylic acids is 1. The maximum atomic E-state index is 11.7. The highest BCUT2D eigenvalue weighted by Crippen LogP contribution is 2.27. The van der Waals surface area contributed by atoms with E-state index >= 15 is 0 Å². The van der Waals surface area contributed by atoms with Crippen LogP contribution < -0.4 is 5.32 Å². The van der Waals surface area contributed by atoms with Crippen molar-refractivity contribution in [3.8, 4) is 0 Å². The molecule has 0 saturated heterocycles. The number of amides is 1. The SMILES string of the molecule is CN(C)CC(=O)Nc1oncc1C1C=CC=CC=C1. The van der Waals surface area contributed by atoms with Crippen LogP contribution >= 0.6 is 0 Å². The van der Waals surface area contributed by atoms with E-state index in [1.165, 1.54) is 0 Å². The Morgan fingerprint density at radius 3 is 2.63 bits per heavy atom. The Labute approximate surface area is 112 Å². The lowest BCUT2D eigenvalue weighted by Crippen LogP contribution is -2.27. The van der Waals surface area contributed by atoms with Gasteiger partial charge in [0.25, 0.3) is 0 Å². The van der Waals surface area contributed by atoms with Crippen LogP contribution in [0.1, 0.15) is 11.5 Å². The number of hydrogen-bond donors (Lipinski definition) is 1. The molecule has 0 saturated carbocycles. The molecule has 1 aliphatic carbocycles. The quantitative estimate of drug-likeness (QED) is 0.897. The molecule has 0 spiro atoms. The third kappa shape index (κ3) is 3.66. The molecule has 0 fully saturated rings. The number of nitrogens with zero attached hydrogens (tertiary/aromatic N) is 2. The Hall–Kier alpha value is -2.14. The lowest BCUT2D eigenvalue weighted by molar-refractivity contribution is -0.116. The highest BCUT2D eigenvalue weighted by atomic mass is 16.5. The zero-order valence-corrected chi connectivity index (χ0v) is 11.0. The van der Waals surface area contributed by atoms with Crippen molar-refractivity contribution >= 4 is 11.8 Å². The number of nitrogens with one attached hydrogen (secondary N) is 1. The predicted molar refractivity (Wildman–Crippen MR) is 73.8 cm³/mol. The van der Waals surface area contributed by atoms with E-state index < -0.39 is 0 Å². The summed E-state index contributed by atoms with van der Waals surface area (Å²) >= 11 is 0. The number of likely N-dealkylation sites (N-methyl/N-ethyl adjacent to an activating group) is 1. The number of hydrogen-bond acceptors (Lipinski definition) is 4. The second kappa shape index (κ2) is 6.15. The van der Waals surface area contributed by atoms with Crippen molar-refractivity contribution in [2.24, 2.45) is 0 Å². The summed E-state index contributed by atoms with van der Waals surface area (Å²) in [6.07, 6.45) is 13.5. The number of allylic oxidation sites excluding steroid dienone is 6. The Bertz CT molecular complexity index is 511. The zero-order chi connectivity index (χ0) is 13.7. The molecular weight excluding hydrogens is 242 g/mol. The minimum Gasteiger partial charge on any atom is -0.338 e. The summed E-state index contributed by atoms with van der Waals surface area (Å²) in [4.78, 5) is 13.5. The molecule has 19 heavy (non-hydrogen) atoms. The van der Waals surface area contributed by atoms with Crippen LogP contribution in [0.4, 0.5) is 5.88 Å². The Kier molecular flexibility index (Phi) is 4.30. The van der Waals surface area contributed by atoms with Gasteiger partial charge in [-0.3, -0.25) is 10.1 Å². The van der Waals surface area contributed by atoms with E-state index in [1.54, 1.807) is 11.1 Å². The van der Waals surface area contributed by atoms with Crippen molar-refractivity contribution in [1.29, 1.82) is 0 Å². The number of aromatic nitrogens is 1. The van der Waals surface area contributed by atoms with Crippen LogP contribution in [0.3, 0.4) is 0 Å². The summed E-state index contributed by atoms with van der Waals surface area (Å²) < 4.78 is 5.12. The zero-order valence-electron chi connectivity index (χ0n) is 11.0. The molecule has 0 atom stereocenters. The van der Waals surface area contributed by atoms with Gasteiger partial charge in [-0.15, -0.1) is 0 Å². The van der Waals surface area contributed by atoms with Gasteiger partial charge in [-0.2, -0.15) is 0 Å². The van der Waals surface area contributed by atoms with Crippen LogP contribution in [0.25, 0.3) is 0 Å². The molecule has 0 radical (unpaired) electrons. The summed E-state index contributed by atoms with van der Waals surface area (Å²) in [6, 6.07) is 0. The first-order valence-corrected chi connectivity index (χ1v) is 6.07. The Morgan fingerprint density at radius 1 is 1.32 bits per heavy atom. The molecule has 0 aromatic carbocycles. The van der Waals surface area contributed by atoms with Crippen molar-refractivity contribution < 1.29 is 9.32 Å². The van der Waals surface area contributed by atoms with Gasteiger partial charge in [0.2, 0.25) is 11.8 Å². The maximum absolute atomic E-state index is 11.7. The lowest BCUT2D eigenvalue weighted by Gasteiger charge is -2.10. The normalized spacial score (nSPS) is 14.9. The van der Waals surface area contributed by atoms with Gasteiger partial charge in [0, 0.05) is 11.5 Å². The van der Waals surface area contributed by atoms with Gasteiger partial charge in [0.15, 0.2) is 0 Å². The van der Waals surface area contributed by atoms with Crippen molar-refractivity contribution in [3.63, 3.8) is 0 Å². The van der Waals surface area contributed by atoms with Gasteiger partial charge in [-0.25, -0.2) is 0 Å². The summed E-state index contributed by atoms with van der Waals surface area (Å²) in [6.45, 7) is 0.304. The average Bonchev–Trinajstić information content (AvgIpc) is 2.63. The van der Waals surface area contributed by atoms with E-state index in [0.29, 0.717) is 12.4 Å². The van der Waals surface area contributed by atoms with Gasteiger partial charge in [0.05, 0.1) is 12.7 Å². The fourth-order valence-corrected chi connectivity index (χ4v) is 1.80. The standard InChI is InChI=1S/C14H17N3O2/c1-17(2)10-13(18)16-14-12(9-15-19-14)11-7-5-3-4-6-8-11/h3-9,11H,10H2,1-2H3,(H,16,18). The summed E-state index contributed by atoms with van der Waals surface area (Å²) in [5.74, 6) is 0.340. The maximum Gasteiger partial charge on any atom is 0.240 e. The van der Waals surface area contributed by atoms with Crippen LogP contribution in [0, 0.1) is 0 Å². The van der Waals surface area contributed by atoms with E-state index in [9.17, 15) is 4.79 Å². The largest absolute Gasteiger partial charge is 0.338 e. The summed E-state index contributed by atoms with van der Waals surface area (Å²) in [7, 11) is 3.67. The van der Waals surface area contributed by atoms with E-state index in [4.69, 9.17) is 4.52 Å². The smallest absolute Gasteiger partial charge is 0.240 e. The van der Waals surface area contributed by atoms with Gasteiger partial charge < -0.3 is 9.42 Å². The number of carbonyl (C=O) groups is 1. The predicted octanol–water partition coefficient (Wildman–Crippen LogP) is 1.94. The monoisotopic (exact) mass is 259 g/mol. The first-order chi connectivity index (χ1) is 9.16. The van der Waals surface area contributed by atoms with E-state index in [1.807, 2.05) is 50.6 Å². The van der Waals surface area contributed by atoms with Crippen LogP contribution in [0.15, 0.2) is 47.2 Å². The van der Waals surface area contributed by atoms with Gasteiger partial charge in [-0.05, 0) is 14.1 Å². The van der Waals surface area contributed by atoms with Crippen LogP contribution in [-0.2, 0) is 4.79 Å². The van der Waals surface area contributed by atoms with Gasteiger partial charge >= 0.3 is 0 Å². The number of anilines is 1. The molecule has 5 heteroatoms. The molecule has 0 unspecified atom stereocenters. The molecular formula is C14H17N3O2. The second-order valence-electron chi connectivity index (χ2n) is 4.58. The first-order valence-electron chi connectivity index (χ1n) is 6.07. The third-order valence-electron chi connectivity index (χ3n) is 2.64. The molecule has 1 aliphatic rings. The van der Waals surface area contributed by atoms with Crippen molar-refractivity contribution in [3.05, 3.63) is 48.2 Å². The highest BCUT2D eigenvalue weighted by Gasteiger charge is 2.17. The molecule has 1 N–H and O–H groups in total. The van der Waals surface area contributed by atoms with E-state index in [-0.39, 0.29) is 11.8 Å². The molecule has 1 heterocycles. The van der Waals surface area contributed by atoms with Crippen LogP contribution in [-0.4, -0.2) is 36.6 Å². The molecule has 5 nitrogen and oxygen atoms in total. The Morgan fingerprint density at radius 2 is 2.00 bits per heavy atom. The first kappa shape index (κ1) is 13.3. The molecule has 100 valence electrons. The minimum absolute atomic E-state index is 0.0518. The van der Waals surface area contributed by atoms with Gasteiger partial charge in [-0.1, -0.05) is 41.6 Å². The molecule has 1 aromatic rings. The highest BCUT2D eigenvalue weighted by molar-refractivity contribution is 5.91. The van der Waals surface area contributed by atoms with Crippen molar-refractivity contribution in [2.45, 2.75) is 5.92 Å².